The third-order valence-electron chi connectivity index (χ3n) is 6.69. The van der Waals surface area contributed by atoms with Crippen LogP contribution in [-0.4, -0.2) is 36.0 Å². The molecule has 180 valence electrons. The minimum atomic E-state index is -3.10. The lowest BCUT2D eigenvalue weighted by Crippen LogP contribution is -2.35. The van der Waals surface area contributed by atoms with Crippen LogP contribution in [0, 0.1) is 6.92 Å². The van der Waals surface area contributed by atoms with Crippen LogP contribution in [0.5, 0.6) is 5.75 Å². The van der Waals surface area contributed by atoms with Gasteiger partial charge in [0.1, 0.15) is 17.1 Å². The predicted octanol–water partition coefficient (Wildman–Crippen LogP) is 4.66. The zero-order chi connectivity index (χ0) is 24.6. The lowest BCUT2D eigenvalue weighted by molar-refractivity contribution is 0.192. The molecule has 6 nitrogen and oxygen atoms in total. The summed E-state index contributed by atoms with van der Waals surface area (Å²) in [6, 6.07) is 22.1. The Hall–Kier alpha value is -3.42. The topological polar surface area (TPSA) is 87.8 Å². The SMILES string of the molecule is Cc1oc2c(CN(Cc3ccccc3)[C@@H]3CCS(=O)(=O)C3)c(O)ccc2c(=O)c1-c1ccccc1. The molecule has 35 heavy (non-hydrogen) atoms. The molecule has 1 N–H and O–H groups in total. The number of aryl methyl sites for hydroxylation is 1. The average Bonchev–Trinajstić information content (AvgIpc) is 3.21. The second-order valence-corrected chi connectivity index (χ2v) is 11.3. The van der Waals surface area contributed by atoms with Gasteiger partial charge in [-0.05, 0) is 36.6 Å². The van der Waals surface area contributed by atoms with Crippen LogP contribution in [0.4, 0.5) is 0 Å². The fraction of sp³-hybridized carbons (Fsp3) is 0.250. The number of benzene rings is 3. The van der Waals surface area contributed by atoms with E-state index in [2.05, 4.69) is 4.90 Å². The van der Waals surface area contributed by atoms with Crippen molar-refractivity contribution in [2.45, 2.75) is 32.5 Å². The van der Waals surface area contributed by atoms with E-state index in [1.165, 1.54) is 6.07 Å². The predicted molar refractivity (Wildman–Crippen MR) is 137 cm³/mol. The van der Waals surface area contributed by atoms with E-state index in [1.54, 1.807) is 13.0 Å². The number of fused-ring (bicyclic) bond motifs is 1. The van der Waals surface area contributed by atoms with E-state index in [0.717, 1.165) is 11.1 Å². The molecule has 0 aliphatic carbocycles. The van der Waals surface area contributed by atoms with Crippen LogP contribution in [0.25, 0.3) is 22.1 Å². The van der Waals surface area contributed by atoms with E-state index in [0.29, 0.717) is 40.8 Å². The van der Waals surface area contributed by atoms with Crippen molar-refractivity contribution in [3.63, 3.8) is 0 Å². The first kappa shape index (κ1) is 23.3. The van der Waals surface area contributed by atoms with Crippen molar-refractivity contribution in [1.29, 1.82) is 0 Å². The second kappa shape index (κ2) is 9.32. The number of hydrogen-bond acceptors (Lipinski definition) is 6. The molecule has 5 rings (SSSR count). The first-order valence-corrected chi connectivity index (χ1v) is 13.5. The maximum atomic E-state index is 13.5. The summed E-state index contributed by atoms with van der Waals surface area (Å²) in [6.45, 7) is 2.52. The molecule has 2 heterocycles. The molecule has 1 aliphatic rings. The minimum absolute atomic E-state index is 0.0198. The number of aromatic hydroxyl groups is 1. The molecule has 1 atom stereocenters. The smallest absolute Gasteiger partial charge is 0.200 e. The van der Waals surface area contributed by atoms with Gasteiger partial charge < -0.3 is 9.52 Å². The van der Waals surface area contributed by atoms with Crippen molar-refractivity contribution in [3.05, 3.63) is 99.9 Å². The second-order valence-electron chi connectivity index (χ2n) is 9.12. The third kappa shape index (κ3) is 4.74. The summed E-state index contributed by atoms with van der Waals surface area (Å²) in [6.07, 6.45) is 0.530. The number of phenols is 1. The summed E-state index contributed by atoms with van der Waals surface area (Å²) >= 11 is 0. The van der Waals surface area contributed by atoms with Gasteiger partial charge in [0, 0.05) is 19.1 Å². The van der Waals surface area contributed by atoms with Crippen LogP contribution in [0.1, 0.15) is 23.3 Å². The van der Waals surface area contributed by atoms with Gasteiger partial charge in [-0.1, -0.05) is 60.7 Å². The van der Waals surface area contributed by atoms with Gasteiger partial charge in [-0.2, -0.15) is 0 Å². The van der Waals surface area contributed by atoms with E-state index in [4.69, 9.17) is 4.42 Å². The van der Waals surface area contributed by atoms with Gasteiger partial charge in [-0.25, -0.2) is 8.42 Å². The molecule has 0 spiro atoms. The van der Waals surface area contributed by atoms with Gasteiger partial charge in [0.2, 0.25) is 5.43 Å². The summed E-state index contributed by atoms with van der Waals surface area (Å²) in [5.41, 5.74) is 2.98. The van der Waals surface area contributed by atoms with Gasteiger partial charge in [0.15, 0.2) is 9.84 Å². The highest BCUT2D eigenvalue weighted by atomic mass is 32.2. The Morgan fingerprint density at radius 3 is 2.31 bits per heavy atom. The number of nitrogens with zero attached hydrogens (tertiary/aromatic N) is 1. The maximum absolute atomic E-state index is 13.5. The van der Waals surface area contributed by atoms with E-state index in [9.17, 15) is 18.3 Å². The molecule has 1 aromatic heterocycles. The third-order valence-corrected chi connectivity index (χ3v) is 8.44. The molecule has 0 bridgehead atoms. The Kier molecular flexibility index (Phi) is 6.21. The van der Waals surface area contributed by atoms with Crippen molar-refractivity contribution in [3.8, 4) is 16.9 Å². The summed E-state index contributed by atoms with van der Waals surface area (Å²) in [4.78, 5) is 15.6. The molecule has 7 heteroatoms. The Bertz CT molecular complexity index is 1530. The number of hydrogen-bond donors (Lipinski definition) is 1. The monoisotopic (exact) mass is 489 g/mol. The highest BCUT2D eigenvalue weighted by Gasteiger charge is 2.33. The van der Waals surface area contributed by atoms with Gasteiger partial charge >= 0.3 is 0 Å². The number of phenolic OH excluding ortho intramolecular Hbond substituents is 1. The van der Waals surface area contributed by atoms with Crippen molar-refractivity contribution in [2.75, 3.05) is 11.5 Å². The van der Waals surface area contributed by atoms with E-state index >= 15 is 0 Å². The van der Waals surface area contributed by atoms with Gasteiger partial charge in [0.25, 0.3) is 0 Å². The van der Waals surface area contributed by atoms with Gasteiger partial charge in [0.05, 0.1) is 28.0 Å². The van der Waals surface area contributed by atoms with Crippen molar-refractivity contribution in [2.24, 2.45) is 0 Å². The maximum Gasteiger partial charge on any atom is 0.200 e. The Balaban J connectivity index is 1.60. The van der Waals surface area contributed by atoms with Crippen LogP contribution in [0.3, 0.4) is 0 Å². The Morgan fingerprint density at radius 2 is 1.66 bits per heavy atom. The summed E-state index contributed by atoms with van der Waals surface area (Å²) < 4.78 is 30.7. The van der Waals surface area contributed by atoms with Crippen molar-refractivity contribution in [1.82, 2.24) is 4.90 Å². The van der Waals surface area contributed by atoms with E-state index < -0.39 is 9.84 Å². The van der Waals surface area contributed by atoms with Gasteiger partial charge in [-0.15, -0.1) is 0 Å². The zero-order valence-electron chi connectivity index (χ0n) is 19.5. The average molecular weight is 490 g/mol. The van der Waals surface area contributed by atoms with Crippen LogP contribution in [0.2, 0.25) is 0 Å². The molecule has 1 aliphatic heterocycles. The largest absolute Gasteiger partial charge is 0.507 e. The molecule has 0 unspecified atom stereocenters. The van der Waals surface area contributed by atoms with Crippen LogP contribution >= 0.6 is 0 Å². The summed E-state index contributed by atoms with van der Waals surface area (Å²) in [7, 11) is -3.10. The quantitative estimate of drug-likeness (QED) is 0.424. The molecule has 1 fully saturated rings. The summed E-state index contributed by atoms with van der Waals surface area (Å²) in [5, 5.41) is 11.2. The fourth-order valence-corrected chi connectivity index (χ4v) is 6.66. The van der Waals surface area contributed by atoms with E-state index in [-0.39, 0.29) is 35.3 Å². The fourth-order valence-electron chi connectivity index (χ4n) is 4.90. The molecule has 4 aromatic rings. The molecule has 1 saturated heterocycles. The molecular formula is C28H27NO5S. The van der Waals surface area contributed by atoms with Crippen LogP contribution in [-0.2, 0) is 22.9 Å². The molecule has 0 radical (unpaired) electrons. The molecule has 3 aromatic carbocycles. The van der Waals surface area contributed by atoms with Crippen LogP contribution in [0.15, 0.2) is 82.0 Å². The number of sulfone groups is 1. The molecule has 0 saturated carbocycles. The van der Waals surface area contributed by atoms with Gasteiger partial charge in [-0.3, -0.25) is 9.69 Å². The first-order chi connectivity index (χ1) is 16.8. The number of rotatable bonds is 6. The first-order valence-electron chi connectivity index (χ1n) is 11.6. The lowest BCUT2D eigenvalue weighted by Gasteiger charge is -2.28. The molecule has 0 amide bonds. The highest BCUT2D eigenvalue weighted by molar-refractivity contribution is 7.91. The van der Waals surface area contributed by atoms with Crippen molar-refractivity contribution >= 4 is 20.8 Å². The summed E-state index contributed by atoms with van der Waals surface area (Å²) in [5.74, 6) is 0.719. The zero-order valence-corrected chi connectivity index (χ0v) is 20.3. The standard InChI is InChI=1S/C28H27NO5S/c1-19-26(21-10-6-3-7-11-21)27(31)23-12-13-25(30)24(28(23)34-19)17-29(16-20-8-4-2-5-9-20)22-14-15-35(32,33)18-22/h2-13,22,30H,14-18H2,1H3/t22-/m1/s1. The highest BCUT2D eigenvalue weighted by Crippen LogP contribution is 2.33. The lowest BCUT2D eigenvalue weighted by atomic mass is 10.0. The normalized spacial score (nSPS) is 17.3. The van der Waals surface area contributed by atoms with Crippen molar-refractivity contribution < 1.29 is 17.9 Å². The molecular weight excluding hydrogens is 462 g/mol. The van der Waals surface area contributed by atoms with Crippen LogP contribution < -0.4 is 5.43 Å². The minimum Gasteiger partial charge on any atom is -0.507 e. The van der Waals surface area contributed by atoms with E-state index in [1.807, 2.05) is 60.7 Å². The Labute approximate surface area is 204 Å². The Morgan fingerprint density at radius 1 is 0.971 bits per heavy atom.